The highest BCUT2D eigenvalue weighted by atomic mass is 19.3. The molecular formula is C15H20F2N2O2. The van der Waals surface area contributed by atoms with E-state index in [0.29, 0.717) is 19.5 Å². The van der Waals surface area contributed by atoms with E-state index in [4.69, 9.17) is 10.5 Å². The topological polar surface area (TPSA) is 56.5 Å². The average molecular weight is 298 g/mol. The summed E-state index contributed by atoms with van der Waals surface area (Å²) in [6.07, 6.45) is 0.698. The highest BCUT2D eigenvalue weighted by molar-refractivity contribution is 5.44. The van der Waals surface area contributed by atoms with Gasteiger partial charge in [-0.05, 0) is 24.6 Å². The molecule has 0 aromatic heterocycles. The predicted molar refractivity (Wildman–Crippen MR) is 77.5 cm³/mol. The van der Waals surface area contributed by atoms with Crippen LogP contribution in [-0.4, -0.2) is 26.8 Å². The van der Waals surface area contributed by atoms with Crippen LogP contribution in [0.4, 0.5) is 8.78 Å². The average Bonchev–Trinajstić information content (AvgIpc) is 2.47. The molecule has 0 saturated heterocycles. The second-order valence-electron chi connectivity index (χ2n) is 4.21. The monoisotopic (exact) mass is 298 g/mol. The minimum Gasteiger partial charge on any atom is -0.493 e. The van der Waals surface area contributed by atoms with Gasteiger partial charge in [-0.3, -0.25) is 0 Å². The van der Waals surface area contributed by atoms with Crippen LogP contribution in [0.2, 0.25) is 0 Å². The van der Waals surface area contributed by atoms with Crippen LogP contribution in [0.3, 0.4) is 0 Å². The number of hydrogen-bond acceptors (Lipinski definition) is 4. The van der Waals surface area contributed by atoms with Gasteiger partial charge in [-0.1, -0.05) is 6.07 Å². The molecule has 0 aliphatic rings. The van der Waals surface area contributed by atoms with Gasteiger partial charge in [0.2, 0.25) is 0 Å². The maximum absolute atomic E-state index is 12.4. The van der Waals surface area contributed by atoms with Crippen LogP contribution in [0.15, 0.2) is 18.2 Å². The number of hydrogen-bond donors (Lipinski definition) is 2. The molecule has 116 valence electrons. The fourth-order valence-corrected chi connectivity index (χ4v) is 1.87. The number of alkyl halides is 2. The Bertz CT molecular complexity index is 498. The Kier molecular flexibility index (Phi) is 7.51. The van der Waals surface area contributed by atoms with Gasteiger partial charge in [0.1, 0.15) is 0 Å². The molecule has 0 aliphatic heterocycles. The van der Waals surface area contributed by atoms with Gasteiger partial charge in [0.15, 0.2) is 11.5 Å². The molecule has 0 amide bonds. The molecule has 0 heterocycles. The van der Waals surface area contributed by atoms with E-state index in [0.717, 1.165) is 5.56 Å². The molecule has 0 aliphatic carbocycles. The maximum atomic E-state index is 12.4. The van der Waals surface area contributed by atoms with Crippen molar-refractivity contribution in [1.82, 2.24) is 5.32 Å². The first kappa shape index (κ1) is 17.2. The summed E-state index contributed by atoms with van der Waals surface area (Å²) in [5, 5.41) is 3.23. The van der Waals surface area contributed by atoms with Gasteiger partial charge in [0.25, 0.3) is 0 Å². The Hall–Kier alpha value is -1.84. The third-order valence-electron chi connectivity index (χ3n) is 2.86. The first-order valence-corrected chi connectivity index (χ1v) is 6.58. The Balaban J connectivity index is 2.85. The Morgan fingerprint density at radius 1 is 1.33 bits per heavy atom. The fraction of sp³-hybridized carbons (Fsp3) is 0.467. The van der Waals surface area contributed by atoms with Crippen LogP contribution in [-0.2, 0) is 0 Å². The van der Waals surface area contributed by atoms with Crippen LogP contribution in [0.25, 0.3) is 0 Å². The lowest BCUT2D eigenvalue weighted by molar-refractivity contribution is -0.0512. The number of halogens is 2. The first-order chi connectivity index (χ1) is 10.1. The van der Waals surface area contributed by atoms with E-state index in [2.05, 4.69) is 21.9 Å². The number of ether oxygens (including phenoxy) is 2. The lowest BCUT2D eigenvalue weighted by atomic mass is 10.1. The summed E-state index contributed by atoms with van der Waals surface area (Å²) in [5.41, 5.74) is 6.49. The zero-order valence-corrected chi connectivity index (χ0v) is 12.2. The molecular weight excluding hydrogens is 278 g/mol. The van der Waals surface area contributed by atoms with E-state index >= 15 is 0 Å². The van der Waals surface area contributed by atoms with E-state index in [1.807, 2.05) is 0 Å². The van der Waals surface area contributed by atoms with E-state index < -0.39 is 6.61 Å². The highest BCUT2D eigenvalue weighted by Crippen LogP contribution is 2.31. The second kappa shape index (κ2) is 9.16. The summed E-state index contributed by atoms with van der Waals surface area (Å²) in [7, 11) is 1.40. The van der Waals surface area contributed by atoms with Gasteiger partial charge < -0.3 is 20.5 Å². The molecule has 1 atom stereocenters. The molecule has 0 saturated carbocycles. The van der Waals surface area contributed by atoms with Gasteiger partial charge in [-0.2, -0.15) is 8.78 Å². The van der Waals surface area contributed by atoms with Crippen molar-refractivity contribution in [2.45, 2.75) is 26.0 Å². The van der Waals surface area contributed by atoms with Gasteiger partial charge in [-0.25, -0.2) is 0 Å². The fourth-order valence-electron chi connectivity index (χ4n) is 1.87. The van der Waals surface area contributed by atoms with E-state index in [9.17, 15) is 8.78 Å². The SMILES string of the molecule is CC#CCCNC(CN)c1ccc(OC)c(OC(F)F)c1. The molecule has 1 aromatic carbocycles. The van der Waals surface area contributed by atoms with Gasteiger partial charge in [-0.15, -0.1) is 11.8 Å². The number of rotatable bonds is 8. The van der Waals surface area contributed by atoms with Gasteiger partial charge in [0.05, 0.1) is 7.11 Å². The van der Waals surface area contributed by atoms with Crippen molar-refractivity contribution in [3.8, 4) is 23.3 Å². The molecule has 0 radical (unpaired) electrons. The zero-order valence-electron chi connectivity index (χ0n) is 12.2. The van der Waals surface area contributed by atoms with Crippen molar-refractivity contribution in [3.05, 3.63) is 23.8 Å². The van der Waals surface area contributed by atoms with Crippen LogP contribution >= 0.6 is 0 Å². The van der Waals surface area contributed by atoms with Gasteiger partial charge >= 0.3 is 6.61 Å². The molecule has 21 heavy (non-hydrogen) atoms. The van der Waals surface area contributed by atoms with Crippen LogP contribution in [0, 0.1) is 11.8 Å². The minimum atomic E-state index is -2.90. The molecule has 0 bridgehead atoms. The molecule has 1 rings (SSSR count). The highest BCUT2D eigenvalue weighted by Gasteiger charge is 2.15. The van der Waals surface area contributed by atoms with Gasteiger partial charge in [0, 0.05) is 25.6 Å². The largest absolute Gasteiger partial charge is 0.493 e. The molecule has 0 spiro atoms. The van der Waals surface area contributed by atoms with E-state index in [1.165, 1.54) is 13.2 Å². The lowest BCUT2D eigenvalue weighted by Gasteiger charge is -2.19. The van der Waals surface area contributed by atoms with Crippen LogP contribution < -0.4 is 20.5 Å². The van der Waals surface area contributed by atoms with E-state index in [1.54, 1.807) is 19.1 Å². The van der Waals surface area contributed by atoms with Crippen molar-refractivity contribution in [2.24, 2.45) is 5.73 Å². The molecule has 1 aromatic rings. The Morgan fingerprint density at radius 2 is 2.10 bits per heavy atom. The maximum Gasteiger partial charge on any atom is 0.387 e. The molecule has 0 fully saturated rings. The molecule has 6 heteroatoms. The van der Waals surface area contributed by atoms with Crippen molar-refractivity contribution in [1.29, 1.82) is 0 Å². The number of benzene rings is 1. The van der Waals surface area contributed by atoms with E-state index in [-0.39, 0.29) is 17.5 Å². The number of methoxy groups -OCH3 is 1. The van der Waals surface area contributed by atoms with Crippen LogP contribution in [0.1, 0.15) is 24.9 Å². The Morgan fingerprint density at radius 3 is 2.67 bits per heavy atom. The first-order valence-electron chi connectivity index (χ1n) is 6.58. The summed E-state index contributed by atoms with van der Waals surface area (Å²) in [6.45, 7) is -0.129. The smallest absolute Gasteiger partial charge is 0.387 e. The summed E-state index contributed by atoms with van der Waals surface area (Å²) in [4.78, 5) is 0. The number of nitrogens with two attached hydrogens (primary N) is 1. The molecule has 1 unspecified atom stereocenters. The standard InChI is InChI=1S/C15H20F2N2O2/c1-3-4-5-8-19-12(10-18)11-6-7-13(20-2)14(9-11)21-15(16)17/h6-7,9,12,15,19H,5,8,10,18H2,1-2H3. The van der Waals surface area contributed by atoms with Crippen molar-refractivity contribution in [2.75, 3.05) is 20.2 Å². The Labute approximate surface area is 123 Å². The second-order valence-corrected chi connectivity index (χ2v) is 4.21. The quantitative estimate of drug-likeness (QED) is 0.571. The van der Waals surface area contributed by atoms with Crippen LogP contribution in [0.5, 0.6) is 11.5 Å². The summed E-state index contributed by atoms with van der Waals surface area (Å²) < 4.78 is 34.3. The zero-order chi connectivity index (χ0) is 15.7. The third kappa shape index (κ3) is 5.58. The lowest BCUT2D eigenvalue weighted by Crippen LogP contribution is -2.29. The third-order valence-corrected chi connectivity index (χ3v) is 2.86. The summed E-state index contributed by atoms with van der Waals surface area (Å²) in [6, 6.07) is 4.71. The summed E-state index contributed by atoms with van der Waals surface area (Å²) >= 11 is 0. The molecule has 4 nitrogen and oxygen atoms in total. The number of nitrogens with one attached hydrogen (secondary N) is 1. The molecule has 3 N–H and O–H groups in total. The van der Waals surface area contributed by atoms with Crippen molar-refractivity contribution < 1.29 is 18.3 Å². The predicted octanol–water partition coefficient (Wildman–Crippen LogP) is 2.30. The minimum absolute atomic E-state index is 0.00130. The summed E-state index contributed by atoms with van der Waals surface area (Å²) in [5.74, 6) is 6.00. The van der Waals surface area contributed by atoms with Crippen molar-refractivity contribution in [3.63, 3.8) is 0 Å². The normalized spacial score (nSPS) is 11.7. The van der Waals surface area contributed by atoms with Crippen molar-refractivity contribution >= 4 is 0 Å².